The van der Waals surface area contributed by atoms with Gasteiger partial charge in [0.25, 0.3) is 0 Å². The van der Waals surface area contributed by atoms with Gasteiger partial charge in [0.05, 0.1) is 5.71 Å². The first-order valence-corrected chi connectivity index (χ1v) is 7.36. The van der Waals surface area contributed by atoms with E-state index in [2.05, 4.69) is 17.0 Å². The Balaban J connectivity index is 1.86. The van der Waals surface area contributed by atoms with Gasteiger partial charge < -0.3 is 14.8 Å². The molecule has 0 atom stereocenters. The van der Waals surface area contributed by atoms with Crippen molar-refractivity contribution >= 4 is 5.71 Å². The Labute approximate surface area is 111 Å². The number of piperidine rings is 1. The summed E-state index contributed by atoms with van der Waals surface area (Å²) in [6.45, 7) is 7.27. The van der Waals surface area contributed by atoms with Gasteiger partial charge in [-0.3, -0.25) is 0 Å². The van der Waals surface area contributed by atoms with Crippen LogP contribution in [0.25, 0.3) is 0 Å². The molecule has 1 rings (SSSR count). The number of rotatable bonds is 9. The van der Waals surface area contributed by atoms with E-state index in [0.29, 0.717) is 0 Å². The molecule has 1 fully saturated rings. The SMILES string of the molecule is CCCOCCCCCCN1CCC(=NO)CC1. The Kier molecular flexibility index (Phi) is 8.86. The van der Waals surface area contributed by atoms with Crippen molar-refractivity contribution in [2.45, 2.75) is 51.9 Å². The van der Waals surface area contributed by atoms with Gasteiger partial charge in [-0.05, 0) is 25.8 Å². The predicted molar refractivity (Wildman–Crippen MR) is 74.5 cm³/mol. The van der Waals surface area contributed by atoms with Gasteiger partial charge in [-0.15, -0.1) is 0 Å². The molecule has 1 aliphatic heterocycles. The molecule has 0 spiro atoms. The average Bonchev–Trinajstić information content (AvgIpc) is 2.42. The van der Waals surface area contributed by atoms with E-state index in [1.54, 1.807) is 0 Å². The van der Waals surface area contributed by atoms with Crippen LogP contribution in [0, 0.1) is 0 Å². The Morgan fingerprint density at radius 2 is 1.83 bits per heavy atom. The molecular formula is C14H28N2O2. The van der Waals surface area contributed by atoms with Crippen molar-refractivity contribution in [3.8, 4) is 0 Å². The van der Waals surface area contributed by atoms with Gasteiger partial charge in [-0.1, -0.05) is 24.9 Å². The maximum atomic E-state index is 8.67. The summed E-state index contributed by atoms with van der Waals surface area (Å²) in [6.07, 6.45) is 8.03. The van der Waals surface area contributed by atoms with Crippen molar-refractivity contribution in [2.24, 2.45) is 5.16 Å². The van der Waals surface area contributed by atoms with Crippen LogP contribution in [0.2, 0.25) is 0 Å². The number of likely N-dealkylation sites (tertiary alicyclic amines) is 1. The minimum Gasteiger partial charge on any atom is -0.411 e. The monoisotopic (exact) mass is 256 g/mol. The summed E-state index contributed by atoms with van der Waals surface area (Å²) in [4.78, 5) is 2.47. The fourth-order valence-corrected chi connectivity index (χ4v) is 2.27. The average molecular weight is 256 g/mol. The number of hydrogen-bond donors (Lipinski definition) is 1. The van der Waals surface area contributed by atoms with E-state index in [1.165, 1.54) is 32.2 Å². The number of oxime groups is 1. The Bertz CT molecular complexity index is 222. The number of ether oxygens (including phenoxy) is 1. The van der Waals surface area contributed by atoms with Gasteiger partial charge in [0.2, 0.25) is 0 Å². The van der Waals surface area contributed by atoms with E-state index < -0.39 is 0 Å². The molecule has 1 saturated heterocycles. The van der Waals surface area contributed by atoms with Crippen molar-refractivity contribution in [2.75, 3.05) is 32.8 Å². The molecular weight excluding hydrogens is 228 g/mol. The van der Waals surface area contributed by atoms with Crippen LogP contribution in [0.3, 0.4) is 0 Å². The van der Waals surface area contributed by atoms with Gasteiger partial charge in [0.1, 0.15) is 0 Å². The Hall–Kier alpha value is -0.610. The highest BCUT2D eigenvalue weighted by molar-refractivity contribution is 5.84. The second-order valence-electron chi connectivity index (χ2n) is 5.03. The van der Waals surface area contributed by atoms with Crippen LogP contribution < -0.4 is 0 Å². The number of nitrogens with zero attached hydrogens (tertiary/aromatic N) is 2. The molecule has 0 aliphatic carbocycles. The summed E-state index contributed by atoms with van der Waals surface area (Å²) in [5.41, 5.74) is 0.958. The van der Waals surface area contributed by atoms with Crippen LogP contribution >= 0.6 is 0 Å². The smallest absolute Gasteiger partial charge is 0.0596 e. The van der Waals surface area contributed by atoms with Crippen molar-refractivity contribution in [1.82, 2.24) is 4.90 Å². The fourth-order valence-electron chi connectivity index (χ4n) is 2.27. The van der Waals surface area contributed by atoms with Crippen molar-refractivity contribution in [1.29, 1.82) is 0 Å². The van der Waals surface area contributed by atoms with Crippen molar-refractivity contribution in [3.63, 3.8) is 0 Å². The second kappa shape index (κ2) is 10.3. The maximum Gasteiger partial charge on any atom is 0.0596 e. The zero-order chi connectivity index (χ0) is 13.1. The summed E-state index contributed by atoms with van der Waals surface area (Å²) in [7, 11) is 0. The van der Waals surface area contributed by atoms with Crippen molar-refractivity contribution in [3.05, 3.63) is 0 Å². The third-order valence-corrected chi connectivity index (χ3v) is 3.44. The molecule has 106 valence electrons. The fraction of sp³-hybridized carbons (Fsp3) is 0.929. The van der Waals surface area contributed by atoms with Crippen LogP contribution in [0.1, 0.15) is 51.9 Å². The lowest BCUT2D eigenvalue weighted by atomic mass is 10.1. The van der Waals surface area contributed by atoms with E-state index in [4.69, 9.17) is 9.94 Å². The topological polar surface area (TPSA) is 45.1 Å². The highest BCUT2D eigenvalue weighted by atomic mass is 16.5. The van der Waals surface area contributed by atoms with Gasteiger partial charge >= 0.3 is 0 Å². The molecule has 0 aromatic heterocycles. The summed E-state index contributed by atoms with van der Waals surface area (Å²) >= 11 is 0. The highest BCUT2D eigenvalue weighted by Gasteiger charge is 2.14. The first-order valence-electron chi connectivity index (χ1n) is 7.36. The van der Waals surface area contributed by atoms with Gasteiger partial charge in [0, 0.05) is 39.1 Å². The van der Waals surface area contributed by atoms with E-state index in [-0.39, 0.29) is 0 Å². The van der Waals surface area contributed by atoms with Crippen LogP contribution in [0.4, 0.5) is 0 Å². The van der Waals surface area contributed by atoms with Gasteiger partial charge in [-0.25, -0.2) is 0 Å². The minimum atomic E-state index is 0.905. The Morgan fingerprint density at radius 3 is 2.50 bits per heavy atom. The van der Waals surface area contributed by atoms with Crippen LogP contribution in [0.15, 0.2) is 5.16 Å². The summed E-state index contributed by atoms with van der Waals surface area (Å²) in [5, 5.41) is 12.0. The lowest BCUT2D eigenvalue weighted by molar-refractivity contribution is 0.130. The molecule has 1 N–H and O–H groups in total. The third-order valence-electron chi connectivity index (χ3n) is 3.44. The summed E-state index contributed by atoms with van der Waals surface area (Å²) < 4.78 is 5.46. The molecule has 0 amide bonds. The lowest BCUT2D eigenvalue weighted by Crippen LogP contribution is -2.34. The number of hydrogen-bond acceptors (Lipinski definition) is 4. The zero-order valence-electron chi connectivity index (χ0n) is 11.7. The molecule has 0 bridgehead atoms. The zero-order valence-corrected chi connectivity index (χ0v) is 11.7. The van der Waals surface area contributed by atoms with Crippen LogP contribution in [0.5, 0.6) is 0 Å². The van der Waals surface area contributed by atoms with Crippen LogP contribution in [-0.2, 0) is 4.74 Å². The first kappa shape index (κ1) is 15.4. The third kappa shape index (κ3) is 6.97. The van der Waals surface area contributed by atoms with E-state index in [1.807, 2.05) is 0 Å². The summed E-state index contributed by atoms with van der Waals surface area (Å²) in [5.74, 6) is 0. The molecule has 18 heavy (non-hydrogen) atoms. The molecule has 0 unspecified atom stereocenters. The number of unbranched alkanes of at least 4 members (excludes halogenated alkanes) is 3. The van der Waals surface area contributed by atoms with Crippen LogP contribution in [-0.4, -0.2) is 48.7 Å². The van der Waals surface area contributed by atoms with Gasteiger partial charge in [-0.2, -0.15) is 0 Å². The largest absolute Gasteiger partial charge is 0.411 e. The van der Waals surface area contributed by atoms with E-state index >= 15 is 0 Å². The van der Waals surface area contributed by atoms with Gasteiger partial charge in [0.15, 0.2) is 0 Å². The molecule has 1 aliphatic rings. The molecule has 0 aromatic carbocycles. The standard InChI is InChI=1S/C14H28N2O2/c1-2-12-18-13-6-4-3-5-9-16-10-7-14(15-17)8-11-16/h17H,2-13H2,1H3. The minimum absolute atomic E-state index is 0.905. The maximum absolute atomic E-state index is 8.67. The molecule has 0 radical (unpaired) electrons. The van der Waals surface area contributed by atoms with Crippen molar-refractivity contribution < 1.29 is 9.94 Å². The molecule has 4 nitrogen and oxygen atoms in total. The lowest BCUT2D eigenvalue weighted by Gasteiger charge is -2.26. The van der Waals surface area contributed by atoms with E-state index in [0.717, 1.165) is 51.3 Å². The second-order valence-corrected chi connectivity index (χ2v) is 5.03. The highest BCUT2D eigenvalue weighted by Crippen LogP contribution is 2.09. The Morgan fingerprint density at radius 1 is 1.11 bits per heavy atom. The normalized spacial score (nSPS) is 17.1. The molecule has 1 heterocycles. The summed E-state index contributed by atoms with van der Waals surface area (Å²) in [6, 6.07) is 0. The quantitative estimate of drug-likeness (QED) is 0.392. The molecule has 0 aromatic rings. The van der Waals surface area contributed by atoms with E-state index in [9.17, 15) is 0 Å². The first-order chi connectivity index (χ1) is 8.86. The molecule has 0 saturated carbocycles. The molecule has 4 heteroatoms. The predicted octanol–water partition coefficient (Wildman–Crippen LogP) is 2.90.